The van der Waals surface area contributed by atoms with Crippen LogP contribution in [-0.2, 0) is 20.2 Å². The van der Waals surface area contributed by atoms with E-state index in [4.69, 9.17) is 9.05 Å². The van der Waals surface area contributed by atoms with E-state index in [0.717, 1.165) is 5.56 Å². The molecule has 8 heteroatoms. The number of nitrogens with zero attached hydrogens (tertiary/aromatic N) is 4. The molecule has 26 heavy (non-hydrogen) atoms. The molecule has 0 amide bonds. The van der Waals surface area contributed by atoms with Crippen LogP contribution in [0.5, 0.6) is 0 Å². The highest BCUT2D eigenvalue weighted by atomic mass is 31.2. The normalized spacial score (nSPS) is 11.6. The maximum Gasteiger partial charge on any atom is 0.381 e. The molecule has 2 aromatic heterocycles. The Morgan fingerprint density at radius 3 is 2.31 bits per heavy atom. The lowest BCUT2D eigenvalue weighted by Crippen LogP contribution is -2.24. The molecule has 0 radical (unpaired) electrons. The number of rotatable bonds is 8. The van der Waals surface area contributed by atoms with Crippen molar-refractivity contribution >= 4 is 13.0 Å². The van der Waals surface area contributed by atoms with Crippen molar-refractivity contribution in [3.63, 3.8) is 0 Å². The molecule has 1 aromatic carbocycles. The van der Waals surface area contributed by atoms with Crippen LogP contribution in [0.2, 0.25) is 0 Å². The lowest BCUT2D eigenvalue weighted by Gasteiger charge is -2.18. The first-order chi connectivity index (χ1) is 12.7. The van der Waals surface area contributed by atoms with Crippen LogP contribution in [0.1, 0.15) is 19.4 Å². The monoisotopic (exact) mass is 372 g/mol. The largest absolute Gasteiger partial charge is 0.381 e. The lowest BCUT2D eigenvalue weighted by atomic mass is 10.2. The van der Waals surface area contributed by atoms with Gasteiger partial charge in [-0.2, -0.15) is 0 Å². The van der Waals surface area contributed by atoms with Gasteiger partial charge in [-0.15, -0.1) is 5.10 Å². The highest BCUT2D eigenvalue weighted by molar-refractivity contribution is 7.62. The van der Waals surface area contributed by atoms with Crippen molar-refractivity contribution in [2.24, 2.45) is 0 Å². The number of aromatic nitrogens is 4. The van der Waals surface area contributed by atoms with Crippen LogP contribution in [0.15, 0.2) is 54.7 Å². The van der Waals surface area contributed by atoms with E-state index in [9.17, 15) is 4.57 Å². The van der Waals surface area contributed by atoms with Crippen molar-refractivity contribution in [3.05, 3.63) is 60.3 Å². The van der Waals surface area contributed by atoms with Gasteiger partial charge in [0.2, 0.25) is 0 Å². The summed E-state index contributed by atoms with van der Waals surface area (Å²) in [6.07, 6.45) is 1.65. The van der Waals surface area contributed by atoms with Gasteiger partial charge in [0.15, 0.2) is 5.44 Å². The average Bonchev–Trinajstić information content (AvgIpc) is 3.08. The second-order valence-corrected chi connectivity index (χ2v) is 7.39. The van der Waals surface area contributed by atoms with E-state index in [-0.39, 0.29) is 13.2 Å². The summed E-state index contributed by atoms with van der Waals surface area (Å²) in [4.78, 5) is 4.32. The van der Waals surface area contributed by atoms with Crippen LogP contribution in [0, 0.1) is 0 Å². The highest BCUT2D eigenvalue weighted by Gasteiger charge is 2.36. The van der Waals surface area contributed by atoms with Gasteiger partial charge in [0.25, 0.3) is 0 Å². The van der Waals surface area contributed by atoms with Gasteiger partial charge in [-0.3, -0.25) is 9.55 Å². The van der Waals surface area contributed by atoms with E-state index in [1.807, 2.05) is 42.5 Å². The third kappa shape index (κ3) is 3.90. The summed E-state index contributed by atoms with van der Waals surface area (Å²) in [5.74, 6) is 0. The fourth-order valence-corrected chi connectivity index (χ4v) is 4.42. The molecule has 0 saturated heterocycles. The Morgan fingerprint density at radius 1 is 1.00 bits per heavy atom. The van der Waals surface area contributed by atoms with Gasteiger partial charge in [0.1, 0.15) is 5.69 Å². The SMILES string of the molecule is CCOP(=O)(OCC)c1c(-c2ccccn2)nnn1Cc1ccccc1. The molecule has 3 aromatic rings. The Balaban J connectivity index is 2.13. The molecule has 136 valence electrons. The van der Waals surface area contributed by atoms with Crippen LogP contribution in [0.4, 0.5) is 0 Å². The van der Waals surface area contributed by atoms with Crippen molar-refractivity contribution < 1.29 is 13.6 Å². The van der Waals surface area contributed by atoms with Gasteiger partial charge >= 0.3 is 7.60 Å². The first kappa shape index (κ1) is 18.5. The first-order valence-electron chi connectivity index (χ1n) is 8.46. The molecule has 7 nitrogen and oxygen atoms in total. The summed E-state index contributed by atoms with van der Waals surface area (Å²) in [5.41, 5.74) is 2.31. The van der Waals surface area contributed by atoms with E-state index in [1.54, 1.807) is 30.8 Å². The second kappa shape index (κ2) is 8.36. The van der Waals surface area contributed by atoms with Crippen molar-refractivity contribution in [2.75, 3.05) is 13.2 Å². The Labute approximate surface area is 152 Å². The van der Waals surface area contributed by atoms with E-state index in [0.29, 0.717) is 23.4 Å². The standard InChI is InChI=1S/C18H21N4O3P/c1-3-24-26(23,25-4-2)18-17(16-12-8-9-13-19-16)20-21-22(18)14-15-10-6-5-7-11-15/h5-13H,3-4,14H2,1-2H3. The molecule has 0 spiro atoms. The smallest absolute Gasteiger partial charge is 0.304 e. The number of hydrogen-bond donors (Lipinski definition) is 0. The highest BCUT2D eigenvalue weighted by Crippen LogP contribution is 2.48. The first-order valence-corrected chi connectivity index (χ1v) is 10.0. The minimum absolute atomic E-state index is 0.245. The minimum atomic E-state index is -3.60. The quantitative estimate of drug-likeness (QED) is 0.565. The topological polar surface area (TPSA) is 79.1 Å². The van der Waals surface area contributed by atoms with E-state index >= 15 is 0 Å². The molecule has 0 aliphatic rings. The number of pyridine rings is 1. The molecule has 0 N–H and O–H groups in total. The predicted octanol–water partition coefficient (Wildman–Crippen LogP) is 3.28. The summed E-state index contributed by atoms with van der Waals surface area (Å²) >= 11 is 0. The summed E-state index contributed by atoms with van der Waals surface area (Å²) in [5, 5.41) is 8.44. The molecular weight excluding hydrogens is 351 g/mol. The molecule has 2 heterocycles. The molecular formula is C18H21N4O3P. The van der Waals surface area contributed by atoms with E-state index in [2.05, 4.69) is 15.3 Å². The molecule has 0 aliphatic carbocycles. The number of hydrogen-bond acceptors (Lipinski definition) is 6. The van der Waals surface area contributed by atoms with Crippen LogP contribution < -0.4 is 5.44 Å². The van der Waals surface area contributed by atoms with Crippen molar-refractivity contribution in [1.82, 2.24) is 20.0 Å². The van der Waals surface area contributed by atoms with Crippen LogP contribution in [-0.4, -0.2) is 33.2 Å². The molecule has 0 unspecified atom stereocenters. The summed E-state index contributed by atoms with van der Waals surface area (Å²) in [6, 6.07) is 15.2. The lowest BCUT2D eigenvalue weighted by molar-refractivity contribution is 0.228. The number of benzene rings is 1. The van der Waals surface area contributed by atoms with Crippen LogP contribution in [0.25, 0.3) is 11.4 Å². The molecule has 0 fully saturated rings. The molecule has 0 atom stereocenters. The summed E-state index contributed by atoms with van der Waals surface area (Å²) in [7, 11) is -3.60. The van der Waals surface area contributed by atoms with E-state index < -0.39 is 7.60 Å². The third-order valence-electron chi connectivity index (χ3n) is 3.65. The van der Waals surface area contributed by atoms with Crippen LogP contribution in [0.3, 0.4) is 0 Å². The van der Waals surface area contributed by atoms with Gasteiger partial charge in [0.05, 0.1) is 25.5 Å². The predicted molar refractivity (Wildman–Crippen MR) is 99.3 cm³/mol. The summed E-state index contributed by atoms with van der Waals surface area (Å²) < 4.78 is 26.2. The fourth-order valence-electron chi connectivity index (χ4n) is 2.61. The Bertz CT molecular complexity index is 874. The zero-order valence-corrected chi connectivity index (χ0v) is 15.7. The van der Waals surface area contributed by atoms with Crippen molar-refractivity contribution in [3.8, 4) is 11.4 Å². The van der Waals surface area contributed by atoms with E-state index in [1.165, 1.54) is 0 Å². The Kier molecular flexibility index (Phi) is 5.93. The Morgan fingerprint density at radius 2 is 1.69 bits per heavy atom. The van der Waals surface area contributed by atoms with Gasteiger partial charge in [-0.25, -0.2) is 4.68 Å². The zero-order valence-electron chi connectivity index (χ0n) is 14.8. The molecule has 0 aliphatic heterocycles. The fraction of sp³-hybridized carbons (Fsp3) is 0.278. The van der Waals surface area contributed by atoms with Gasteiger partial charge in [-0.05, 0) is 31.5 Å². The van der Waals surface area contributed by atoms with Gasteiger partial charge < -0.3 is 9.05 Å². The minimum Gasteiger partial charge on any atom is -0.304 e. The third-order valence-corrected chi connectivity index (χ3v) is 5.81. The van der Waals surface area contributed by atoms with Crippen molar-refractivity contribution in [2.45, 2.75) is 20.4 Å². The van der Waals surface area contributed by atoms with Crippen molar-refractivity contribution in [1.29, 1.82) is 0 Å². The molecule has 0 saturated carbocycles. The van der Waals surface area contributed by atoms with Gasteiger partial charge in [-0.1, -0.05) is 41.6 Å². The molecule has 0 bridgehead atoms. The van der Waals surface area contributed by atoms with Crippen LogP contribution >= 0.6 is 7.60 Å². The second-order valence-electron chi connectivity index (χ2n) is 5.45. The summed E-state index contributed by atoms with van der Waals surface area (Å²) in [6.45, 7) is 4.44. The average molecular weight is 372 g/mol. The van der Waals surface area contributed by atoms with Gasteiger partial charge in [0, 0.05) is 6.20 Å². The molecule has 3 rings (SSSR count). The maximum atomic E-state index is 13.5. The Hall–Kier alpha value is -2.34. The zero-order chi connectivity index (χ0) is 18.4. The maximum absolute atomic E-state index is 13.5.